The van der Waals surface area contributed by atoms with Gasteiger partial charge in [0.05, 0.1) is 0 Å². The van der Waals surface area contributed by atoms with Gasteiger partial charge < -0.3 is 10.6 Å². The second-order valence-electron chi connectivity index (χ2n) is 5.39. The van der Waals surface area contributed by atoms with E-state index in [1.807, 2.05) is 20.0 Å². The highest BCUT2D eigenvalue weighted by Gasteiger charge is 2.13. The smallest absolute Gasteiger partial charge is 0.139 e. The normalized spacial score (nSPS) is 10.8. The lowest BCUT2D eigenvalue weighted by molar-refractivity contribution is 0.775. The van der Waals surface area contributed by atoms with E-state index in [9.17, 15) is 0 Å². The zero-order chi connectivity index (χ0) is 15.6. The Morgan fingerprint density at radius 3 is 2.38 bits per heavy atom. The molecular weight excluding hydrogens is 328 g/mol. The molecule has 1 aromatic heterocycles. The van der Waals surface area contributed by atoms with E-state index in [2.05, 4.69) is 69.4 Å². The topological polar surface area (TPSA) is 49.8 Å². The molecule has 0 radical (unpaired) electrons. The van der Waals surface area contributed by atoms with Crippen LogP contribution >= 0.6 is 15.9 Å². The Bertz CT molecular complexity index is 653. The molecule has 0 saturated heterocycles. The lowest BCUT2D eigenvalue weighted by Gasteiger charge is -2.16. The fourth-order valence-electron chi connectivity index (χ4n) is 2.01. The Kier molecular flexibility index (Phi) is 4.83. The van der Waals surface area contributed by atoms with Gasteiger partial charge >= 0.3 is 0 Å². The van der Waals surface area contributed by atoms with Crippen molar-refractivity contribution < 1.29 is 0 Å². The maximum Gasteiger partial charge on any atom is 0.139 e. The summed E-state index contributed by atoms with van der Waals surface area (Å²) in [5, 5.41) is 6.57. The quantitative estimate of drug-likeness (QED) is 0.835. The summed E-state index contributed by atoms with van der Waals surface area (Å²) in [7, 11) is 1.88. The second kappa shape index (κ2) is 6.43. The molecule has 0 bridgehead atoms. The first-order valence-corrected chi connectivity index (χ1v) is 7.81. The molecule has 0 amide bonds. The summed E-state index contributed by atoms with van der Waals surface area (Å²) in [6.45, 7) is 8.29. The summed E-state index contributed by atoms with van der Waals surface area (Å²) in [6.07, 6.45) is 0. The highest BCUT2D eigenvalue weighted by atomic mass is 79.9. The number of aryl methyl sites for hydroxylation is 1. The summed E-state index contributed by atoms with van der Waals surface area (Å²) in [6, 6.07) is 6.17. The van der Waals surface area contributed by atoms with Crippen molar-refractivity contribution in [1.29, 1.82) is 0 Å². The maximum absolute atomic E-state index is 4.67. The van der Waals surface area contributed by atoms with E-state index in [4.69, 9.17) is 0 Å². The van der Waals surface area contributed by atoms with E-state index in [0.29, 0.717) is 0 Å². The third-order valence-corrected chi connectivity index (χ3v) is 3.86. The molecule has 2 N–H and O–H groups in total. The van der Waals surface area contributed by atoms with Gasteiger partial charge in [0.25, 0.3) is 0 Å². The molecule has 0 fully saturated rings. The van der Waals surface area contributed by atoms with Gasteiger partial charge in [-0.25, -0.2) is 9.97 Å². The van der Waals surface area contributed by atoms with Gasteiger partial charge in [-0.1, -0.05) is 35.8 Å². The zero-order valence-corrected chi connectivity index (χ0v) is 14.7. The molecule has 0 aliphatic heterocycles. The van der Waals surface area contributed by atoms with E-state index in [0.717, 1.165) is 33.2 Å². The molecule has 2 aromatic rings. The van der Waals surface area contributed by atoms with Crippen molar-refractivity contribution in [2.24, 2.45) is 0 Å². The predicted octanol–water partition coefficient (Wildman–Crippen LogP) is 4.76. The number of nitrogens with zero attached hydrogens (tertiary/aromatic N) is 2. The number of aromatic nitrogens is 2. The molecule has 5 heteroatoms. The summed E-state index contributed by atoms with van der Waals surface area (Å²) in [5.41, 5.74) is 3.23. The van der Waals surface area contributed by atoms with Gasteiger partial charge in [0.1, 0.15) is 17.5 Å². The van der Waals surface area contributed by atoms with Gasteiger partial charge in [-0.15, -0.1) is 0 Å². The first-order valence-electron chi connectivity index (χ1n) is 7.01. The van der Waals surface area contributed by atoms with Crippen LogP contribution in [0.15, 0.2) is 22.7 Å². The second-order valence-corrected chi connectivity index (χ2v) is 6.31. The van der Waals surface area contributed by atoms with Crippen molar-refractivity contribution in [2.75, 3.05) is 17.7 Å². The monoisotopic (exact) mass is 348 g/mol. The Labute approximate surface area is 134 Å². The minimum absolute atomic E-state index is 0.279. The molecule has 0 aliphatic carbocycles. The molecular formula is C16H21BrN4. The third-order valence-electron chi connectivity index (χ3n) is 3.37. The van der Waals surface area contributed by atoms with E-state index >= 15 is 0 Å². The van der Waals surface area contributed by atoms with E-state index in [-0.39, 0.29) is 5.92 Å². The van der Waals surface area contributed by atoms with Crippen LogP contribution in [0.25, 0.3) is 0 Å². The summed E-state index contributed by atoms with van der Waals surface area (Å²) in [4.78, 5) is 9.23. The van der Waals surface area contributed by atoms with E-state index < -0.39 is 0 Å². The highest BCUT2D eigenvalue weighted by Crippen LogP contribution is 2.28. The summed E-state index contributed by atoms with van der Waals surface area (Å²) < 4.78 is 1.04. The van der Waals surface area contributed by atoms with Crippen molar-refractivity contribution in [3.8, 4) is 0 Å². The molecule has 0 saturated carbocycles. The first-order chi connectivity index (χ1) is 9.92. The van der Waals surface area contributed by atoms with Gasteiger partial charge in [-0.2, -0.15) is 0 Å². The lowest BCUT2D eigenvalue weighted by atomic mass is 10.1. The van der Waals surface area contributed by atoms with Crippen LogP contribution in [-0.4, -0.2) is 17.0 Å². The van der Waals surface area contributed by atoms with Gasteiger partial charge in [0.15, 0.2) is 0 Å². The van der Waals surface area contributed by atoms with Crippen molar-refractivity contribution in [3.63, 3.8) is 0 Å². The van der Waals surface area contributed by atoms with Gasteiger partial charge in [-0.05, 0) is 31.5 Å². The molecule has 112 valence electrons. The lowest BCUT2D eigenvalue weighted by Crippen LogP contribution is -2.08. The van der Waals surface area contributed by atoms with Crippen molar-refractivity contribution in [3.05, 3.63) is 39.6 Å². The van der Waals surface area contributed by atoms with Gasteiger partial charge in [0.2, 0.25) is 0 Å². The van der Waals surface area contributed by atoms with Crippen LogP contribution in [-0.2, 0) is 0 Å². The first kappa shape index (κ1) is 15.8. The van der Waals surface area contributed by atoms with Crippen LogP contribution in [0.1, 0.15) is 36.7 Å². The van der Waals surface area contributed by atoms with Crippen LogP contribution in [0.2, 0.25) is 0 Å². The number of halogens is 1. The van der Waals surface area contributed by atoms with Gasteiger partial charge in [-0.3, -0.25) is 0 Å². The van der Waals surface area contributed by atoms with Crippen LogP contribution in [0, 0.1) is 13.8 Å². The molecule has 0 spiro atoms. The Morgan fingerprint density at radius 2 is 1.76 bits per heavy atom. The number of benzene rings is 1. The summed E-state index contributed by atoms with van der Waals surface area (Å²) >= 11 is 3.51. The van der Waals surface area contributed by atoms with Crippen molar-refractivity contribution in [2.45, 2.75) is 33.6 Å². The number of anilines is 3. The average molecular weight is 349 g/mol. The molecule has 1 aromatic carbocycles. The SMILES string of the molecule is CNc1nc(C(C)C)nc(Nc2cc(Br)ccc2C)c1C. The molecule has 21 heavy (non-hydrogen) atoms. The summed E-state index contributed by atoms with van der Waals surface area (Å²) in [5.74, 6) is 2.82. The Balaban J connectivity index is 2.47. The molecule has 2 rings (SSSR count). The average Bonchev–Trinajstić information content (AvgIpc) is 2.44. The van der Waals surface area contributed by atoms with Crippen LogP contribution < -0.4 is 10.6 Å². The Morgan fingerprint density at radius 1 is 1.10 bits per heavy atom. The Hall–Kier alpha value is -1.62. The largest absolute Gasteiger partial charge is 0.373 e. The maximum atomic E-state index is 4.67. The standard InChI is InChI=1S/C16H21BrN4/c1-9(2)14-20-15(18-5)11(4)16(21-14)19-13-8-12(17)7-6-10(13)3/h6-9H,1-5H3,(H2,18,19,20,21). The number of hydrogen-bond donors (Lipinski definition) is 2. The number of hydrogen-bond acceptors (Lipinski definition) is 4. The molecule has 0 unspecified atom stereocenters. The molecule has 4 nitrogen and oxygen atoms in total. The van der Waals surface area contributed by atoms with Crippen molar-refractivity contribution in [1.82, 2.24) is 9.97 Å². The fourth-order valence-corrected chi connectivity index (χ4v) is 2.37. The van der Waals surface area contributed by atoms with E-state index in [1.54, 1.807) is 0 Å². The molecule has 1 heterocycles. The minimum Gasteiger partial charge on any atom is -0.373 e. The number of nitrogens with one attached hydrogen (secondary N) is 2. The van der Waals surface area contributed by atoms with Crippen LogP contribution in [0.3, 0.4) is 0 Å². The predicted molar refractivity (Wildman–Crippen MR) is 92.6 cm³/mol. The fraction of sp³-hybridized carbons (Fsp3) is 0.375. The van der Waals surface area contributed by atoms with Crippen molar-refractivity contribution >= 4 is 33.3 Å². The molecule has 0 atom stereocenters. The highest BCUT2D eigenvalue weighted by molar-refractivity contribution is 9.10. The van der Waals surface area contributed by atoms with Crippen LogP contribution in [0.4, 0.5) is 17.3 Å². The minimum atomic E-state index is 0.279. The number of rotatable bonds is 4. The zero-order valence-electron chi connectivity index (χ0n) is 13.1. The third kappa shape index (κ3) is 3.53. The van der Waals surface area contributed by atoms with Gasteiger partial charge in [0, 0.05) is 28.7 Å². The van der Waals surface area contributed by atoms with E-state index in [1.165, 1.54) is 5.56 Å². The molecule has 0 aliphatic rings. The van der Waals surface area contributed by atoms with Crippen LogP contribution in [0.5, 0.6) is 0 Å².